The maximum atomic E-state index is 12.4. The van der Waals surface area contributed by atoms with E-state index in [1.54, 1.807) is 16.8 Å². The lowest BCUT2D eigenvalue weighted by Crippen LogP contribution is -2.42. The molecule has 6 nitrogen and oxygen atoms in total. The first-order valence-electron chi connectivity index (χ1n) is 7.56. The van der Waals surface area contributed by atoms with Crippen molar-refractivity contribution < 1.29 is 14.7 Å². The topological polar surface area (TPSA) is 83.7 Å². The van der Waals surface area contributed by atoms with Gasteiger partial charge in [-0.15, -0.1) is 0 Å². The fourth-order valence-electron chi connectivity index (χ4n) is 2.55. The van der Waals surface area contributed by atoms with Crippen molar-refractivity contribution in [2.75, 3.05) is 0 Å². The molecule has 24 heavy (non-hydrogen) atoms. The van der Waals surface area contributed by atoms with Gasteiger partial charge in [0.1, 0.15) is 17.4 Å². The van der Waals surface area contributed by atoms with Gasteiger partial charge in [0.15, 0.2) is 0 Å². The average molecular weight is 323 g/mol. The highest BCUT2D eigenvalue weighted by atomic mass is 16.4. The molecule has 0 fully saturated rings. The molecule has 0 saturated carbocycles. The molecule has 2 aromatic heterocycles. The second-order valence-electron chi connectivity index (χ2n) is 5.60. The fraction of sp³-hybridized carbons (Fsp3) is 0.167. The zero-order valence-electron chi connectivity index (χ0n) is 13.1. The molecular weight excluding hydrogens is 306 g/mol. The van der Waals surface area contributed by atoms with Gasteiger partial charge in [0.25, 0.3) is 5.91 Å². The number of pyridine rings is 1. The molecule has 2 heterocycles. The molecule has 1 atom stereocenters. The molecule has 3 rings (SSSR count). The van der Waals surface area contributed by atoms with Gasteiger partial charge >= 0.3 is 5.97 Å². The summed E-state index contributed by atoms with van der Waals surface area (Å²) in [5.41, 5.74) is 2.66. The quantitative estimate of drug-likeness (QED) is 0.753. The van der Waals surface area contributed by atoms with E-state index in [4.69, 9.17) is 0 Å². The first-order valence-corrected chi connectivity index (χ1v) is 7.56. The highest BCUT2D eigenvalue weighted by molar-refractivity contribution is 5.95. The third kappa shape index (κ3) is 3.27. The van der Waals surface area contributed by atoms with Crippen LogP contribution in [0.3, 0.4) is 0 Å². The third-order valence-corrected chi connectivity index (χ3v) is 3.80. The number of aromatic nitrogens is 2. The number of carboxylic acids is 1. The van der Waals surface area contributed by atoms with Crippen molar-refractivity contribution in [3.05, 3.63) is 71.7 Å². The number of fused-ring (bicyclic) bond motifs is 1. The van der Waals surface area contributed by atoms with Crippen molar-refractivity contribution in [2.24, 2.45) is 0 Å². The van der Waals surface area contributed by atoms with Crippen LogP contribution in [0.1, 0.15) is 21.6 Å². The van der Waals surface area contributed by atoms with Crippen LogP contribution in [0.2, 0.25) is 0 Å². The average Bonchev–Trinajstić information content (AvgIpc) is 3.01. The third-order valence-electron chi connectivity index (χ3n) is 3.80. The number of hydrogen-bond donors (Lipinski definition) is 2. The minimum Gasteiger partial charge on any atom is -0.480 e. The van der Waals surface area contributed by atoms with Crippen molar-refractivity contribution in [3.63, 3.8) is 0 Å². The van der Waals surface area contributed by atoms with Crippen LogP contribution in [0.4, 0.5) is 0 Å². The fourth-order valence-corrected chi connectivity index (χ4v) is 2.55. The zero-order chi connectivity index (χ0) is 17.1. The van der Waals surface area contributed by atoms with Crippen LogP contribution in [0.15, 0.2) is 54.9 Å². The normalized spacial score (nSPS) is 12.0. The lowest BCUT2D eigenvalue weighted by atomic mass is 10.1. The van der Waals surface area contributed by atoms with E-state index < -0.39 is 17.9 Å². The van der Waals surface area contributed by atoms with E-state index in [-0.39, 0.29) is 12.1 Å². The Balaban J connectivity index is 1.79. The van der Waals surface area contributed by atoms with Gasteiger partial charge in [0.05, 0.1) is 0 Å². The van der Waals surface area contributed by atoms with E-state index >= 15 is 0 Å². The molecule has 0 aliphatic heterocycles. The summed E-state index contributed by atoms with van der Waals surface area (Å²) in [5.74, 6) is -1.58. The van der Waals surface area contributed by atoms with Crippen LogP contribution in [0.25, 0.3) is 5.65 Å². The maximum Gasteiger partial charge on any atom is 0.326 e. The number of carboxylic acid groups (broad SMARTS) is 1. The van der Waals surface area contributed by atoms with E-state index in [1.165, 1.54) is 0 Å². The second-order valence-corrected chi connectivity index (χ2v) is 5.60. The molecule has 0 radical (unpaired) electrons. The number of nitrogens with zero attached hydrogens (tertiary/aromatic N) is 2. The smallest absolute Gasteiger partial charge is 0.326 e. The minimum atomic E-state index is -1.08. The van der Waals surface area contributed by atoms with Crippen molar-refractivity contribution in [2.45, 2.75) is 19.4 Å². The van der Waals surface area contributed by atoms with Gasteiger partial charge in [-0.05, 0) is 24.1 Å². The number of benzene rings is 1. The Labute approximate surface area is 138 Å². The van der Waals surface area contributed by atoms with Crippen LogP contribution in [-0.4, -0.2) is 32.4 Å². The molecule has 0 spiro atoms. The number of nitrogens with one attached hydrogen (secondary N) is 1. The van der Waals surface area contributed by atoms with Crippen LogP contribution in [0, 0.1) is 6.92 Å². The van der Waals surface area contributed by atoms with Gasteiger partial charge < -0.3 is 14.8 Å². The standard InChI is InChI=1S/C18H17N3O3/c1-12-6-5-9-21-11-15(19-16(12)21)17(22)20-14(18(23)24)10-13-7-3-2-4-8-13/h2-9,11,14H,10H2,1H3,(H,20,22)(H,23,24). The molecule has 0 saturated heterocycles. The second kappa shape index (κ2) is 6.54. The number of carbonyl (C=O) groups excluding carboxylic acids is 1. The zero-order valence-corrected chi connectivity index (χ0v) is 13.1. The van der Waals surface area contributed by atoms with E-state index in [2.05, 4.69) is 10.3 Å². The Morgan fingerprint density at radius 2 is 1.96 bits per heavy atom. The summed E-state index contributed by atoms with van der Waals surface area (Å²) in [7, 11) is 0. The molecule has 122 valence electrons. The highest BCUT2D eigenvalue weighted by Crippen LogP contribution is 2.10. The van der Waals surface area contributed by atoms with E-state index in [0.717, 1.165) is 11.1 Å². The van der Waals surface area contributed by atoms with Gasteiger partial charge in [0.2, 0.25) is 0 Å². The van der Waals surface area contributed by atoms with Crippen molar-refractivity contribution >= 4 is 17.5 Å². The lowest BCUT2D eigenvalue weighted by molar-refractivity contribution is -0.139. The summed E-state index contributed by atoms with van der Waals surface area (Å²) in [6.07, 6.45) is 3.61. The molecule has 2 N–H and O–H groups in total. The maximum absolute atomic E-state index is 12.4. The Morgan fingerprint density at radius 1 is 1.21 bits per heavy atom. The predicted octanol–water partition coefficient (Wildman–Crippen LogP) is 2.07. The molecule has 6 heteroatoms. The molecule has 0 aliphatic carbocycles. The van der Waals surface area contributed by atoms with Gasteiger partial charge in [0, 0.05) is 18.8 Å². The monoisotopic (exact) mass is 323 g/mol. The van der Waals surface area contributed by atoms with E-state index in [0.29, 0.717) is 5.65 Å². The summed E-state index contributed by atoms with van der Waals surface area (Å²) in [5, 5.41) is 11.9. The number of aliphatic carboxylic acids is 1. The summed E-state index contributed by atoms with van der Waals surface area (Å²) in [4.78, 5) is 28.1. The van der Waals surface area contributed by atoms with Gasteiger partial charge in [-0.2, -0.15) is 0 Å². The predicted molar refractivity (Wildman–Crippen MR) is 89.0 cm³/mol. The molecule has 1 unspecified atom stereocenters. The van der Waals surface area contributed by atoms with Crippen LogP contribution in [0.5, 0.6) is 0 Å². The Morgan fingerprint density at radius 3 is 2.62 bits per heavy atom. The molecule has 0 aliphatic rings. The highest BCUT2D eigenvalue weighted by Gasteiger charge is 2.22. The largest absolute Gasteiger partial charge is 0.480 e. The van der Waals surface area contributed by atoms with Crippen LogP contribution < -0.4 is 5.32 Å². The summed E-state index contributed by atoms with van der Waals surface area (Å²) < 4.78 is 1.75. The molecule has 1 amide bonds. The Kier molecular flexibility index (Phi) is 4.29. The first-order chi connectivity index (χ1) is 11.5. The molecule has 3 aromatic rings. The van der Waals surface area contributed by atoms with Crippen LogP contribution >= 0.6 is 0 Å². The summed E-state index contributed by atoms with van der Waals surface area (Å²) in [6.45, 7) is 1.90. The van der Waals surface area contributed by atoms with Crippen LogP contribution in [-0.2, 0) is 11.2 Å². The van der Waals surface area contributed by atoms with Crippen molar-refractivity contribution in [1.29, 1.82) is 0 Å². The molecule has 1 aromatic carbocycles. The minimum absolute atomic E-state index is 0.198. The van der Waals surface area contributed by atoms with Crippen molar-refractivity contribution in [3.8, 4) is 0 Å². The van der Waals surface area contributed by atoms with E-state index in [9.17, 15) is 14.7 Å². The van der Waals surface area contributed by atoms with Crippen molar-refractivity contribution in [1.82, 2.24) is 14.7 Å². The Bertz CT molecular complexity index is 887. The lowest BCUT2D eigenvalue weighted by Gasteiger charge is -2.13. The number of amides is 1. The number of rotatable bonds is 5. The number of hydrogen-bond acceptors (Lipinski definition) is 3. The molecule has 0 bridgehead atoms. The van der Waals surface area contributed by atoms with Gasteiger partial charge in [-0.3, -0.25) is 4.79 Å². The number of aryl methyl sites for hydroxylation is 1. The summed E-state index contributed by atoms with van der Waals surface area (Å²) >= 11 is 0. The number of carbonyl (C=O) groups is 2. The summed E-state index contributed by atoms with van der Waals surface area (Å²) in [6, 6.07) is 11.9. The van der Waals surface area contributed by atoms with Gasteiger partial charge in [-0.1, -0.05) is 36.4 Å². The van der Waals surface area contributed by atoms with Gasteiger partial charge in [-0.25, -0.2) is 9.78 Å². The van der Waals surface area contributed by atoms with E-state index in [1.807, 2.05) is 49.4 Å². The Hall–Kier alpha value is -3.15. The first kappa shape index (κ1) is 15.7. The number of imidazole rings is 1. The SMILES string of the molecule is Cc1cccn2cc(C(=O)NC(Cc3ccccc3)C(=O)O)nc12. The molecular formula is C18H17N3O3.